The number of aromatic amines is 1. The van der Waals surface area contributed by atoms with E-state index in [1.54, 1.807) is 0 Å². The quantitative estimate of drug-likeness (QED) is 0.613. The second-order valence-corrected chi connectivity index (χ2v) is 3.93. The molecule has 2 aromatic carbocycles. The molecule has 1 heterocycles. The van der Waals surface area contributed by atoms with Crippen molar-refractivity contribution in [3.8, 4) is 0 Å². The first-order valence-electron chi connectivity index (χ1n) is 5.40. The van der Waals surface area contributed by atoms with Gasteiger partial charge in [-0.15, -0.1) is 6.58 Å². The van der Waals surface area contributed by atoms with Gasteiger partial charge in [-0.2, -0.15) is 0 Å². The van der Waals surface area contributed by atoms with E-state index in [1.165, 1.54) is 27.4 Å². The monoisotopic (exact) mass is 206 g/mol. The number of para-hydroxylation sites is 1. The lowest BCUT2D eigenvalue weighted by Crippen LogP contribution is -1.82. The van der Waals surface area contributed by atoms with E-state index in [0.717, 1.165) is 6.42 Å². The van der Waals surface area contributed by atoms with Crippen molar-refractivity contribution in [1.29, 1.82) is 0 Å². The maximum atomic E-state index is 3.79. The first kappa shape index (κ1) is 9.22. The van der Waals surface area contributed by atoms with Crippen LogP contribution in [0.4, 0.5) is 0 Å². The first-order chi connectivity index (χ1) is 7.90. The van der Waals surface area contributed by atoms with Gasteiger partial charge in [0.1, 0.15) is 0 Å². The minimum atomic E-state index is 0.876. The van der Waals surface area contributed by atoms with Crippen LogP contribution < -0.4 is 0 Å². The molecule has 0 saturated heterocycles. The molecular formula is C15H12N. The van der Waals surface area contributed by atoms with Gasteiger partial charge in [0.15, 0.2) is 0 Å². The maximum Gasteiger partial charge on any atom is 0.0501 e. The average Bonchev–Trinajstić information content (AvgIpc) is 2.69. The van der Waals surface area contributed by atoms with Gasteiger partial charge in [0.2, 0.25) is 0 Å². The summed E-state index contributed by atoms with van der Waals surface area (Å²) in [6.07, 6.45) is 2.80. The number of nitrogens with one attached hydrogen (secondary N) is 1. The van der Waals surface area contributed by atoms with Crippen molar-refractivity contribution in [2.45, 2.75) is 6.42 Å². The Morgan fingerprint density at radius 1 is 1.19 bits per heavy atom. The molecule has 0 fully saturated rings. The smallest absolute Gasteiger partial charge is 0.0501 e. The SMILES string of the molecule is C=CCc1c[c]cc2c1[nH]c1ccccc12. The van der Waals surface area contributed by atoms with Crippen molar-refractivity contribution >= 4 is 21.8 Å². The molecule has 0 unspecified atom stereocenters. The molecule has 3 rings (SSSR count). The number of H-pyrrole nitrogens is 1. The van der Waals surface area contributed by atoms with E-state index in [2.05, 4.69) is 41.9 Å². The van der Waals surface area contributed by atoms with Gasteiger partial charge < -0.3 is 4.98 Å². The maximum absolute atomic E-state index is 3.79. The minimum Gasteiger partial charge on any atom is -0.354 e. The van der Waals surface area contributed by atoms with Crippen LogP contribution in [-0.2, 0) is 6.42 Å². The molecule has 1 radical (unpaired) electrons. The fraction of sp³-hybridized carbons (Fsp3) is 0.0667. The third kappa shape index (κ3) is 1.25. The largest absolute Gasteiger partial charge is 0.354 e. The van der Waals surface area contributed by atoms with Crippen LogP contribution in [0.15, 0.2) is 49.1 Å². The van der Waals surface area contributed by atoms with Crippen LogP contribution >= 0.6 is 0 Å². The Labute approximate surface area is 94.4 Å². The third-order valence-electron chi connectivity index (χ3n) is 2.92. The molecule has 0 aliphatic carbocycles. The van der Waals surface area contributed by atoms with Gasteiger partial charge >= 0.3 is 0 Å². The van der Waals surface area contributed by atoms with Crippen molar-refractivity contribution in [2.24, 2.45) is 0 Å². The molecule has 0 spiro atoms. The van der Waals surface area contributed by atoms with Gasteiger partial charge in [-0.1, -0.05) is 24.3 Å². The molecule has 16 heavy (non-hydrogen) atoms. The minimum absolute atomic E-state index is 0.876. The predicted octanol–water partition coefficient (Wildman–Crippen LogP) is 3.85. The van der Waals surface area contributed by atoms with Gasteiger partial charge in [-0.3, -0.25) is 0 Å². The van der Waals surface area contributed by atoms with Crippen LogP contribution in [0.5, 0.6) is 0 Å². The number of aromatic nitrogens is 1. The van der Waals surface area contributed by atoms with Crippen LogP contribution in [0.1, 0.15) is 5.56 Å². The van der Waals surface area contributed by atoms with E-state index in [9.17, 15) is 0 Å². The molecule has 77 valence electrons. The standard InChI is InChI=1S/C15H12N/c1-2-6-11-7-5-9-13-12-8-3-4-10-14(12)16-15(11)13/h2-4,7-10,16H,1,6H2. The molecule has 0 aliphatic heterocycles. The highest BCUT2D eigenvalue weighted by Crippen LogP contribution is 2.27. The molecule has 0 saturated carbocycles. The topological polar surface area (TPSA) is 15.8 Å². The van der Waals surface area contributed by atoms with E-state index >= 15 is 0 Å². The highest BCUT2D eigenvalue weighted by molar-refractivity contribution is 6.08. The van der Waals surface area contributed by atoms with E-state index in [4.69, 9.17) is 0 Å². The molecular weight excluding hydrogens is 194 g/mol. The molecule has 0 atom stereocenters. The lowest BCUT2D eigenvalue weighted by Gasteiger charge is -1.98. The van der Waals surface area contributed by atoms with Gasteiger partial charge in [0, 0.05) is 16.3 Å². The van der Waals surface area contributed by atoms with Crippen LogP contribution in [0.25, 0.3) is 21.8 Å². The molecule has 1 heteroatoms. The second-order valence-electron chi connectivity index (χ2n) is 3.93. The number of rotatable bonds is 2. The summed E-state index contributed by atoms with van der Waals surface area (Å²) in [5.74, 6) is 0. The summed E-state index contributed by atoms with van der Waals surface area (Å²) < 4.78 is 0. The number of hydrogen-bond donors (Lipinski definition) is 1. The summed E-state index contributed by atoms with van der Waals surface area (Å²) in [5, 5.41) is 2.51. The van der Waals surface area contributed by atoms with Crippen molar-refractivity contribution in [3.05, 3.63) is 60.7 Å². The van der Waals surface area contributed by atoms with Crippen LogP contribution in [0, 0.1) is 6.07 Å². The predicted molar refractivity (Wildman–Crippen MR) is 68.5 cm³/mol. The van der Waals surface area contributed by atoms with Crippen LogP contribution in [0.3, 0.4) is 0 Å². The number of benzene rings is 2. The van der Waals surface area contributed by atoms with Gasteiger partial charge in [0.05, 0.1) is 5.52 Å². The Kier molecular flexibility index (Phi) is 2.03. The van der Waals surface area contributed by atoms with E-state index in [0.29, 0.717) is 0 Å². The molecule has 1 N–H and O–H groups in total. The molecule has 1 aromatic heterocycles. The Hall–Kier alpha value is -2.02. The molecule has 0 bridgehead atoms. The zero-order valence-electron chi connectivity index (χ0n) is 8.96. The normalized spacial score (nSPS) is 11.0. The summed E-state index contributed by atoms with van der Waals surface area (Å²) in [5.41, 5.74) is 3.64. The van der Waals surface area contributed by atoms with Gasteiger partial charge in [-0.05, 0) is 36.2 Å². The van der Waals surface area contributed by atoms with Gasteiger partial charge in [-0.25, -0.2) is 0 Å². The molecule has 0 amide bonds. The molecule has 0 aliphatic rings. The second kappa shape index (κ2) is 3.53. The Morgan fingerprint density at radius 2 is 2.06 bits per heavy atom. The van der Waals surface area contributed by atoms with E-state index in [-0.39, 0.29) is 0 Å². The van der Waals surface area contributed by atoms with Gasteiger partial charge in [0.25, 0.3) is 0 Å². The summed E-state index contributed by atoms with van der Waals surface area (Å²) in [4.78, 5) is 3.46. The Bertz CT molecular complexity index is 661. The first-order valence-corrected chi connectivity index (χ1v) is 5.40. The lowest BCUT2D eigenvalue weighted by atomic mass is 10.1. The average molecular weight is 206 g/mol. The molecule has 3 aromatic rings. The van der Waals surface area contributed by atoms with E-state index < -0.39 is 0 Å². The highest BCUT2D eigenvalue weighted by Gasteiger charge is 2.05. The third-order valence-corrected chi connectivity index (χ3v) is 2.92. The van der Waals surface area contributed by atoms with Crippen LogP contribution in [-0.4, -0.2) is 4.98 Å². The Balaban J connectivity index is 2.43. The zero-order valence-corrected chi connectivity index (χ0v) is 8.96. The van der Waals surface area contributed by atoms with Crippen molar-refractivity contribution in [2.75, 3.05) is 0 Å². The highest BCUT2D eigenvalue weighted by atomic mass is 14.7. The fourth-order valence-electron chi connectivity index (χ4n) is 2.18. The number of fused-ring (bicyclic) bond motifs is 3. The lowest BCUT2D eigenvalue weighted by molar-refractivity contribution is 1.29. The number of hydrogen-bond acceptors (Lipinski definition) is 0. The number of allylic oxidation sites excluding steroid dienone is 1. The zero-order chi connectivity index (χ0) is 11.0. The Morgan fingerprint density at radius 3 is 2.94 bits per heavy atom. The fourth-order valence-corrected chi connectivity index (χ4v) is 2.18. The van der Waals surface area contributed by atoms with Crippen molar-refractivity contribution in [1.82, 2.24) is 4.98 Å². The summed E-state index contributed by atoms with van der Waals surface area (Å²) in [6, 6.07) is 15.6. The van der Waals surface area contributed by atoms with Crippen LogP contribution in [0.2, 0.25) is 0 Å². The van der Waals surface area contributed by atoms with E-state index in [1.807, 2.05) is 18.2 Å². The van der Waals surface area contributed by atoms with Crippen molar-refractivity contribution < 1.29 is 0 Å². The van der Waals surface area contributed by atoms with Crippen molar-refractivity contribution in [3.63, 3.8) is 0 Å². The molecule has 1 nitrogen and oxygen atoms in total. The summed E-state index contributed by atoms with van der Waals surface area (Å²) in [6.45, 7) is 3.79. The summed E-state index contributed by atoms with van der Waals surface area (Å²) in [7, 11) is 0. The summed E-state index contributed by atoms with van der Waals surface area (Å²) >= 11 is 0.